The van der Waals surface area contributed by atoms with E-state index in [1.54, 1.807) is 18.1 Å². The van der Waals surface area contributed by atoms with Gasteiger partial charge in [0.25, 0.3) is 5.89 Å². The summed E-state index contributed by atoms with van der Waals surface area (Å²) >= 11 is 7.75. The minimum Gasteiger partial charge on any atom is -0.497 e. The molecule has 0 spiro atoms. The second-order valence-corrected chi connectivity index (χ2v) is 9.18. The van der Waals surface area contributed by atoms with Crippen LogP contribution in [0.15, 0.2) is 70.2 Å². The predicted octanol–water partition coefficient (Wildman–Crippen LogP) is 6.47. The Bertz CT molecular complexity index is 1400. The van der Waals surface area contributed by atoms with E-state index in [0.29, 0.717) is 39.4 Å². The first-order chi connectivity index (χ1) is 16.5. The van der Waals surface area contributed by atoms with Gasteiger partial charge in [-0.2, -0.15) is 4.98 Å². The van der Waals surface area contributed by atoms with Crippen molar-refractivity contribution in [3.8, 4) is 16.5 Å². The third-order valence-corrected chi connectivity index (χ3v) is 7.00. The molecular formula is C25H21ClN4O3S. The van der Waals surface area contributed by atoms with Crippen LogP contribution in [0.25, 0.3) is 16.3 Å². The molecule has 172 valence electrons. The van der Waals surface area contributed by atoms with Crippen molar-refractivity contribution in [2.75, 3.05) is 12.0 Å². The van der Waals surface area contributed by atoms with E-state index in [2.05, 4.69) is 15.5 Å². The van der Waals surface area contributed by atoms with Crippen molar-refractivity contribution in [2.45, 2.75) is 19.9 Å². The molecule has 1 unspecified atom stereocenters. The van der Waals surface area contributed by atoms with Crippen molar-refractivity contribution >= 4 is 40.2 Å². The van der Waals surface area contributed by atoms with Crippen molar-refractivity contribution in [3.05, 3.63) is 87.7 Å². The Kier molecular flexibility index (Phi) is 5.85. The van der Waals surface area contributed by atoms with E-state index >= 15 is 0 Å². The maximum absolute atomic E-state index is 13.4. The number of urea groups is 1. The summed E-state index contributed by atoms with van der Waals surface area (Å²) < 4.78 is 11.1. The SMILES string of the molecule is COc1cccc(C2NC(=O)N(c3ccc(Cl)c(C)c3)C(C)=C2c2nc(-c3cccs3)no2)c1. The van der Waals surface area contributed by atoms with Crippen molar-refractivity contribution in [2.24, 2.45) is 0 Å². The van der Waals surface area contributed by atoms with Crippen LogP contribution >= 0.6 is 22.9 Å². The summed E-state index contributed by atoms with van der Waals surface area (Å²) in [6.45, 7) is 3.78. The molecular weight excluding hydrogens is 472 g/mol. The van der Waals surface area contributed by atoms with E-state index < -0.39 is 6.04 Å². The van der Waals surface area contributed by atoms with Gasteiger partial charge < -0.3 is 14.6 Å². The first kappa shape index (κ1) is 22.2. The van der Waals surface area contributed by atoms with Crippen molar-refractivity contribution in [3.63, 3.8) is 0 Å². The number of thiophene rings is 1. The van der Waals surface area contributed by atoms with E-state index in [4.69, 9.17) is 20.9 Å². The van der Waals surface area contributed by atoms with Crippen LogP contribution < -0.4 is 15.0 Å². The minimum atomic E-state index is -0.510. The van der Waals surface area contributed by atoms with Crippen LogP contribution in [-0.4, -0.2) is 23.3 Å². The van der Waals surface area contributed by atoms with E-state index in [1.165, 1.54) is 11.3 Å². The first-order valence-electron chi connectivity index (χ1n) is 10.6. The van der Waals surface area contributed by atoms with Gasteiger partial charge in [0.15, 0.2) is 0 Å². The number of benzene rings is 2. The summed E-state index contributed by atoms with van der Waals surface area (Å²) in [4.78, 5) is 20.5. The van der Waals surface area contributed by atoms with Crippen molar-refractivity contribution in [1.29, 1.82) is 0 Å². The Balaban J connectivity index is 1.67. The van der Waals surface area contributed by atoms with Crippen molar-refractivity contribution in [1.82, 2.24) is 15.5 Å². The van der Waals surface area contributed by atoms with Crippen molar-refractivity contribution < 1.29 is 14.1 Å². The molecule has 0 aliphatic carbocycles. The minimum absolute atomic E-state index is 0.270. The smallest absolute Gasteiger partial charge is 0.326 e. The lowest BCUT2D eigenvalue weighted by Gasteiger charge is -2.35. The number of aromatic nitrogens is 2. The zero-order valence-corrected chi connectivity index (χ0v) is 20.3. The van der Waals surface area contributed by atoms with Gasteiger partial charge in [0.2, 0.25) is 5.82 Å². The third-order valence-electron chi connectivity index (χ3n) is 5.71. The summed E-state index contributed by atoms with van der Waals surface area (Å²) in [7, 11) is 1.61. The van der Waals surface area contributed by atoms with Gasteiger partial charge in [0.05, 0.1) is 29.3 Å². The maximum Gasteiger partial charge on any atom is 0.326 e. The number of ether oxygens (including phenoxy) is 1. The molecule has 1 atom stereocenters. The summed E-state index contributed by atoms with van der Waals surface area (Å²) in [5, 5.41) is 9.89. The monoisotopic (exact) mass is 492 g/mol. The highest BCUT2D eigenvalue weighted by atomic mass is 35.5. The van der Waals surface area contributed by atoms with Crippen LogP contribution in [0.2, 0.25) is 5.02 Å². The second kappa shape index (κ2) is 8.96. The molecule has 3 heterocycles. The number of carbonyl (C=O) groups is 1. The highest BCUT2D eigenvalue weighted by Crippen LogP contribution is 2.40. The Morgan fingerprint density at radius 1 is 1.15 bits per heavy atom. The number of rotatable bonds is 5. The highest BCUT2D eigenvalue weighted by molar-refractivity contribution is 7.13. The van der Waals surface area contributed by atoms with Gasteiger partial charge in [0, 0.05) is 10.7 Å². The zero-order chi connectivity index (χ0) is 23.8. The number of allylic oxidation sites excluding steroid dienone is 1. The number of methoxy groups -OCH3 is 1. The van der Waals surface area contributed by atoms with Gasteiger partial charge in [-0.05, 0) is 66.8 Å². The number of carbonyl (C=O) groups excluding carboxylic acids is 1. The molecule has 0 saturated heterocycles. The molecule has 0 bridgehead atoms. The van der Waals surface area contributed by atoms with E-state index in [-0.39, 0.29) is 6.03 Å². The van der Waals surface area contributed by atoms with Gasteiger partial charge in [-0.3, -0.25) is 4.90 Å². The number of hydrogen-bond donors (Lipinski definition) is 1. The van der Waals surface area contributed by atoms with Crippen LogP contribution in [0.4, 0.5) is 10.5 Å². The topological polar surface area (TPSA) is 80.5 Å². The average Bonchev–Trinajstić information content (AvgIpc) is 3.53. The maximum atomic E-state index is 13.4. The standard InChI is InChI=1S/C25H21ClN4O3S/c1-14-12-17(9-10-19(14)26)30-15(2)21(24-28-23(29-33-24)20-8-5-11-34-20)22(27-25(30)31)16-6-4-7-18(13-16)32-3/h4-13,22H,1-3H3,(H,27,31). The lowest BCUT2D eigenvalue weighted by Crippen LogP contribution is -2.46. The molecule has 5 rings (SSSR count). The number of hydrogen-bond acceptors (Lipinski definition) is 6. The molecule has 1 N–H and O–H groups in total. The molecule has 2 aromatic carbocycles. The Morgan fingerprint density at radius 3 is 2.74 bits per heavy atom. The fourth-order valence-electron chi connectivity index (χ4n) is 4.01. The molecule has 7 nitrogen and oxygen atoms in total. The number of aryl methyl sites for hydroxylation is 1. The number of nitrogens with zero attached hydrogens (tertiary/aromatic N) is 3. The molecule has 9 heteroatoms. The van der Waals surface area contributed by atoms with Gasteiger partial charge >= 0.3 is 6.03 Å². The van der Waals surface area contributed by atoms with E-state index in [0.717, 1.165) is 16.0 Å². The Hall–Kier alpha value is -3.62. The van der Waals surface area contributed by atoms with Crippen LogP contribution in [0.5, 0.6) is 5.75 Å². The summed E-state index contributed by atoms with van der Waals surface area (Å²) in [5.41, 5.74) is 3.78. The summed E-state index contributed by atoms with van der Waals surface area (Å²) in [6.07, 6.45) is 0. The molecule has 2 aromatic heterocycles. The van der Waals surface area contributed by atoms with Crippen LogP contribution in [0.3, 0.4) is 0 Å². The predicted molar refractivity (Wildman–Crippen MR) is 133 cm³/mol. The largest absolute Gasteiger partial charge is 0.497 e. The first-order valence-corrected chi connectivity index (χ1v) is 11.8. The lowest BCUT2D eigenvalue weighted by atomic mass is 9.94. The van der Waals surface area contributed by atoms with Crippen LogP contribution in [0.1, 0.15) is 30.0 Å². The number of nitrogens with one attached hydrogen (secondary N) is 1. The quantitative estimate of drug-likeness (QED) is 0.345. The molecule has 0 fully saturated rings. The van der Waals surface area contributed by atoms with Crippen LogP contribution in [0, 0.1) is 6.92 Å². The molecule has 4 aromatic rings. The van der Waals surface area contributed by atoms with E-state index in [1.807, 2.05) is 67.8 Å². The molecule has 34 heavy (non-hydrogen) atoms. The number of halogens is 1. The van der Waals surface area contributed by atoms with Gasteiger partial charge in [-0.25, -0.2) is 4.79 Å². The molecule has 0 saturated carbocycles. The summed E-state index contributed by atoms with van der Waals surface area (Å²) in [6, 6.07) is 16.1. The fraction of sp³-hybridized carbons (Fsp3) is 0.160. The normalized spacial score (nSPS) is 16.1. The molecule has 1 aliphatic heterocycles. The molecule has 1 aliphatic rings. The molecule has 2 amide bonds. The Morgan fingerprint density at radius 2 is 2.00 bits per heavy atom. The molecule has 0 radical (unpaired) electrons. The average molecular weight is 493 g/mol. The van der Waals surface area contributed by atoms with Gasteiger partial charge in [-0.15, -0.1) is 11.3 Å². The van der Waals surface area contributed by atoms with E-state index in [9.17, 15) is 4.79 Å². The third kappa shape index (κ3) is 3.95. The zero-order valence-electron chi connectivity index (χ0n) is 18.7. The Labute approximate surface area is 205 Å². The lowest BCUT2D eigenvalue weighted by molar-refractivity contribution is 0.244. The number of amides is 2. The van der Waals surface area contributed by atoms with Crippen LogP contribution in [-0.2, 0) is 0 Å². The fourth-order valence-corrected chi connectivity index (χ4v) is 4.78. The van der Waals surface area contributed by atoms with Gasteiger partial charge in [0.1, 0.15) is 5.75 Å². The van der Waals surface area contributed by atoms with Gasteiger partial charge in [-0.1, -0.05) is 35.0 Å². The number of anilines is 1. The highest BCUT2D eigenvalue weighted by Gasteiger charge is 2.36. The summed E-state index contributed by atoms with van der Waals surface area (Å²) in [5.74, 6) is 1.52. The second-order valence-electron chi connectivity index (χ2n) is 7.83.